The van der Waals surface area contributed by atoms with Crippen molar-refractivity contribution in [3.05, 3.63) is 52.4 Å². The summed E-state index contributed by atoms with van der Waals surface area (Å²) in [5, 5.41) is 26.7. The molecule has 0 radical (unpaired) electrons. The van der Waals surface area contributed by atoms with Crippen LogP contribution in [0.2, 0.25) is 0 Å². The maximum atomic E-state index is 13.2. The summed E-state index contributed by atoms with van der Waals surface area (Å²) in [6.07, 6.45) is 3.02. The number of hydrogen-bond acceptors (Lipinski definition) is 5. The quantitative estimate of drug-likeness (QED) is 0.708. The zero-order valence-corrected chi connectivity index (χ0v) is 16.0. The van der Waals surface area contributed by atoms with Gasteiger partial charge in [0.25, 0.3) is 5.91 Å². The number of nitrogens with one attached hydrogen (secondary N) is 1. The van der Waals surface area contributed by atoms with Gasteiger partial charge in [-0.25, -0.2) is 0 Å². The molecule has 0 aromatic carbocycles. The number of rotatable bonds is 4. The molecule has 3 aromatic rings. The van der Waals surface area contributed by atoms with Crippen LogP contribution in [-0.4, -0.2) is 52.2 Å². The molecular weight excluding hydrogens is 358 g/mol. The van der Waals surface area contributed by atoms with Crippen molar-refractivity contribution >= 4 is 5.91 Å². The molecular formula is C19H23N7O2. The van der Waals surface area contributed by atoms with Crippen molar-refractivity contribution in [2.24, 2.45) is 7.05 Å². The number of fused-ring (bicyclic) bond motifs is 1. The van der Waals surface area contributed by atoms with Gasteiger partial charge in [0.1, 0.15) is 6.10 Å². The monoisotopic (exact) mass is 381 g/mol. The van der Waals surface area contributed by atoms with Crippen LogP contribution < -0.4 is 0 Å². The number of hydrogen-bond donors (Lipinski definition) is 2. The Labute approximate surface area is 162 Å². The number of aliphatic hydroxyl groups is 1. The minimum absolute atomic E-state index is 0.0225. The first-order valence-corrected chi connectivity index (χ1v) is 9.59. The van der Waals surface area contributed by atoms with Crippen LogP contribution in [0.15, 0.2) is 18.3 Å². The predicted molar refractivity (Wildman–Crippen MR) is 99.5 cm³/mol. The molecule has 146 valence electrons. The molecule has 1 saturated carbocycles. The highest BCUT2D eigenvalue weighted by Gasteiger charge is 2.34. The van der Waals surface area contributed by atoms with E-state index in [0.29, 0.717) is 36.9 Å². The molecule has 2 aliphatic rings. The van der Waals surface area contributed by atoms with Crippen LogP contribution in [0.1, 0.15) is 63.7 Å². The number of aromatic nitrogens is 6. The third-order valence-corrected chi connectivity index (χ3v) is 5.68. The molecule has 0 bridgehead atoms. The van der Waals surface area contributed by atoms with Gasteiger partial charge in [-0.2, -0.15) is 15.3 Å². The molecule has 1 aliphatic carbocycles. The Morgan fingerprint density at radius 3 is 2.89 bits per heavy atom. The summed E-state index contributed by atoms with van der Waals surface area (Å²) in [5.74, 6) is 0.439. The maximum absolute atomic E-state index is 13.2. The molecule has 9 heteroatoms. The second-order valence-corrected chi connectivity index (χ2v) is 7.68. The smallest absolute Gasteiger partial charge is 0.258 e. The Morgan fingerprint density at radius 1 is 1.36 bits per heavy atom. The molecule has 3 aromatic heterocycles. The fraction of sp³-hybridized carbons (Fsp3) is 0.474. The van der Waals surface area contributed by atoms with Crippen LogP contribution in [0.25, 0.3) is 0 Å². The molecule has 28 heavy (non-hydrogen) atoms. The van der Waals surface area contributed by atoms with Gasteiger partial charge in [0, 0.05) is 31.4 Å². The number of aromatic amines is 1. The number of carbonyl (C=O) groups is 1. The molecule has 4 heterocycles. The van der Waals surface area contributed by atoms with E-state index in [-0.39, 0.29) is 5.91 Å². The second-order valence-electron chi connectivity index (χ2n) is 7.68. The van der Waals surface area contributed by atoms with E-state index >= 15 is 0 Å². The van der Waals surface area contributed by atoms with E-state index in [4.69, 9.17) is 0 Å². The van der Waals surface area contributed by atoms with Crippen LogP contribution >= 0.6 is 0 Å². The van der Waals surface area contributed by atoms with E-state index in [0.717, 1.165) is 35.5 Å². The highest BCUT2D eigenvalue weighted by Crippen LogP contribution is 2.41. The Hall–Kier alpha value is -2.94. The van der Waals surface area contributed by atoms with Crippen LogP contribution in [0.3, 0.4) is 0 Å². The van der Waals surface area contributed by atoms with Crippen LogP contribution in [0, 0.1) is 6.92 Å². The average molecular weight is 381 g/mol. The van der Waals surface area contributed by atoms with E-state index in [2.05, 4.69) is 20.4 Å². The number of aryl methyl sites for hydroxylation is 2. The fourth-order valence-electron chi connectivity index (χ4n) is 3.93. The van der Waals surface area contributed by atoms with Gasteiger partial charge >= 0.3 is 0 Å². The van der Waals surface area contributed by atoms with Gasteiger partial charge in [-0.15, -0.1) is 0 Å². The number of carbonyl (C=O) groups excluding carboxylic acids is 1. The molecule has 5 rings (SSSR count). The first kappa shape index (κ1) is 17.2. The first-order valence-electron chi connectivity index (χ1n) is 9.59. The summed E-state index contributed by atoms with van der Waals surface area (Å²) in [6.45, 7) is 3.57. The average Bonchev–Trinajstić information content (AvgIpc) is 3.11. The summed E-state index contributed by atoms with van der Waals surface area (Å²) < 4.78 is 3.52. The Balaban J connectivity index is 1.39. The van der Waals surface area contributed by atoms with Crippen molar-refractivity contribution in [3.63, 3.8) is 0 Å². The van der Waals surface area contributed by atoms with E-state index < -0.39 is 6.10 Å². The number of amides is 1. The SMILES string of the molecule is Cc1[nH]nc(C2CC2)c1C(=O)N1CCn2nc(C(O)c3ccnn3C)cc2C1. The lowest BCUT2D eigenvalue weighted by atomic mass is 10.1. The zero-order chi connectivity index (χ0) is 19.4. The van der Waals surface area contributed by atoms with E-state index in [9.17, 15) is 9.90 Å². The van der Waals surface area contributed by atoms with E-state index in [1.165, 1.54) is 0 Å². The standard InChI is InChI=1S/C19H23N7O2/c1-11-16(17(22-21-11)12-3-4-12)19(28)25-7-8-26-13(10-25)9-14(23-26)18(27)15-5-6-20-24(15)2/h5-6,9,12,18,27H,3-4,7-8,10H2,1-2H3,(H,21,22). The highest BCUT2D eigenvalue weighted by molar-refractivity contribution is 5.96. The summed E-state index contributed by atoms with van der Waals surface area (Å²) in [6, 6.07) is 3.65. The summed E-state index contributed by atoms with van der Waals surface area (Å²) in [4.78, 5) is 15.0. The number of H-pyrrole nitrogens is 1. The van der Waals surface area contributed by atoms with Gasteiger partial charge in [-0.1, -0.05) is 0 Å². The molecule has 1 unspecified atom stereocenters. The third-order valence-electron chi connectivity index (χ3n) is 5.68. The fourth-order valence-corrected chi connectivity index (χ4v) is 3.93. The summed E-state index contributed by atoms with van der Waals surface area (Å²) in [7, 11) is 1.79. The topological polar surface area (TPSA) is 105 Å². The first-order chi connectivity index (χ1) is 13.5. The lowest BCUT2D eigenvalue weighted by Gasteiger charge is -2.28. The molecule has 1 atom stereocenters. The van der Waals surface area contributed by atoms with Crippen LogP contribution in [-0.2, 0) is 20.1 Å². The summed E-state index contributed by atoms with van der Waals surface area (Å²) >= 11 is 0. The predicted octanol–water partition coefficient (Wildman–Crippen LogP) is 1.26. The molecule has 1 aliphatic heterocycles. The van der Waals surface area contributed by atoms with Gasteiger partial charge in [0.2, 0.25) is 0 Å². The minimum Gasteiger partial charge on any atom is -0.380 e. The summed E-state index contributed by atoms with van der Waals surface area (Å²) in [5.41, 5.74) is 4.65. The number of aliphatic hydroxyl groups excluding tert-OH is 1. The van der Waals surface area contributed by atoms with Crippen LogP contribution in [0.5, 0.6) is 0 Å². The maximum Gasteiger partial charge on any atom is 0.258 e. The highest BCUT2D eigenvalue weighted by atomic mass is 16.3. The molecule has 1 fully saturated rings. The van der Waals surface area contributed by atoms with Crippen molar-refractivity contribution in [3.8, 4) is 0 Å². The normalized spacial score (nSPS) is 17.6. The molecule has 2 N–H and O–H groups in total. The molecule has 9 nitrogen and oxygen atoms in total. The lowest BCUT2D eigenvalue weighted by molar-refractivity contribution is 0.0704. The van der Waals surface area contributed by atoms with Gasteiger partial charge in [-0.05, 0) is 31.9 Å². The Kier molecular flexibility index (Phi) is 3.87. The Morgan fingerprint density at radius 2 is 2.18 bits per heavy atom. The van der Waals surface area contributed by atoms with Gasteiger partial charge in [-0.3, -0.25) is 19.3 Å². The third kappa shape index (κ3) is 2.73. The minimum atomic E-state index is -0.840. The van der Waals surface area contributed by atoms with Gasteiger partial charge in [0.15, 0.2) is 0 Å². The van der Waals surface area contributed by atoms with Crippen molar-refractivity contribution in [2.45, 2.75) is 44.9 Å². The molecule has 0 spiro atoms. The van der Waals surface area contributed by atoms with E-state index in [1.54, 1.807) is 24.0 Å². The van der Waals surface area contributed by atoms with Crippen molar-refractivity contribution in [1.82, 2.24) is 34.7 Å². The van der Waals surface area contributed by atoms with Gasteiger partial charge < -0.3 is 10.0 Å². The van der Waals surface area contributed by atoms with E-state index in [1.807, 2.05) is 22.6 Å². The largest absolute Gasteiger partial charge is 0.380 e. The lowest BCUT2D eigenvalue weighted by Crippen LogP contribution is -2.38. The van der Waals surface area contributed by atoms with Gasteiger partial charge in [0.05, 0.1) is 41.4 Å². The van der Waals surface area contributed by atoms with Crippen molar-refractivity contribution in [1.29, 1.82) is 0 Å². The zero-order valence-electron chi connectivity index (χ0n) is 16.0. The second kappa shape index (κ2) is 6.30. The molecule has 1 amide bonds. The van der Waals surface area contributed by atoms with Crippen molar-refractivity contribution in [2.75, 3.05) is 6.54 Å². The Bertz CT molecular complexity index is 1040. The van der Waals surface area contributed by atoms with Crippen molar-refractivity contribution < 1.29 is 9.90 Å². The molecule has 0 saturated heterocycles. The number of nitrogens with zero attached hydrogens (tertiary/aromatic N) is 6. The van der Waals surface area contributed by atoms with Crippen LogP contribution in [0.4, 0.5) is 0 Å².